The first-order chi connectivity index (χ1) is 32.6. The number of ether oxygens (including phenoxy) is 8. The predicted molar refractivity (Wildman–Crippen MR) is 214 cm³/mol. The van der Waals surface area contributed by atoms with E-state index in [1.165, 1.54) is 0 Å². The number of esters is 3. The number of carbonyl (C=O) groups excluding carboxylic acids is 13. The van der Waals surface area contributed by atoms with Gasteiger partial charge in [0, 0.05) is 77.0 Å². The van der Waals surface area contributed by atoms with Crippen molar-refractivity contribution in [3.63, 3.8) is 0 Å². The minimum Gasteiger partial charge on any atom is -0.465 e. The maximum atomic E-state index is 12.3. The first kappa shape index (κ1) is 55.9. The Morgan fingerprint density at radius 3 is 0.897 bits per heavy atom. The van der Waals surface area contributed by atoms with Crippen molar-refractivity contribution in [2.24, 2.45) is 5.41 Å². The molecule has 0 bridgehead atoms. The van der Waals surface area contributed by atoms with Crippen molar-refractivity contribution in [2.75, 3.05) is 79.3 Å². The lowest BCUT2D eigenvalue weighted by molar-refractivity contribution is -0.197. The number of nitrogens with zero attached hydrogens (tertiary/aromatic N) is 3. The molecule has 0 aromatic heterocycles. The lowest BCUT2D eigenvalue weighted by atomic mass is 9.92. The van der Waals surface area contributed by atoms with Crippen molar-refractivity contribution in [1.29, 1.82) is 0 Å². The largest absolute Gasteiger partial charge is 0.465 e. The quantitative estimate of drug-likeness (QED) is 0.0243. The number of hydrogen-bond acceptors (Lipinski definition) is 24. The zero-order valence-corrected chi connectivity index (χ0v) is 37.3. The highest BCUT2D eigenvalue weighted by molar-refractivity contribution is 6.02. The van der Waals surface area contributed by atoms with Crippen LogP contribution in [0.25, 0.3) is 0 Å². The zero-order chi connectivity index (χ0) is 49.7. The smallest absolute Gasteiger partial charge is 0.333 e. The number of rotatable bonds is 36. The van der Waals surface area contributed by atoms with Crippen LogP contribution in [0.1, 0.15) is 96.3 Å². The van der Waals surface area contributed by atoms with Crippen LogP contribution in [0, 0.1) is 5.41 Å². The van der Waals surface area contributed by atoms with Crippen LogP contribution in [-0.2, 0) is 115 Å². The van der Waals surface area contributed by atoms with Gasteiger partial charge in [-0.25, -0.2) is 14.4 Å². The monoisotopic (exact) mass is 973 g/mol. The fraction of sp³-hybridized carbons (Fsp3) is 0.683. The van der Waals surface area contributed by atoms with Gasteiger partial charge in [0.1, 0.15) is 26.4 Å². The van der Waals surface area contributed by atoms with E-state index in [9.17, 15) is 62.3 Å². The average molecular weight is 974 g/mol. The molecule has 3 rings (SSSR count). The molecule has 68 heavy (non-hydrogen) atoms. The molecule has 0 aromatic carbocycles. The molecule has 0 aliphatic carbocycles. The first-order valence-corrected chi connectivity index (χ1v) is 21.7. The third-order valence-electron chi connectivity index (χ3n) is 9.40. The van der Waals surface area contributed by atoms with Crippen LogP contribution < -0.4 is 0 Å². The van der Waals surface area contributed by atoms with Gasteiger partial charge in [-0.15, -0.1) is 15.2 Å². The zero-order valence-electron chi connectivity index (χ0n) is 37.3. The van der Waals surface area contributed by atoms with E-state index in [1.807, 2.05) is 0 Å². The van der Waals surface area contributed by atoms with E-state index < -0.39 is 76.7 Å². The van der Waals surface area contributed by atoms with Gasteiger partial charge in [-0.1, -0.05) is 0 Å². The lowest BCUT2D eigenvalue weighted by Gasteiger charge is -2.33. The second-order valence-electron chi connectivity index (χ2n) is 15.0. The van der Waals surface area contributed by atoms with E-state index in [0.29, 0.717) is 15.2 Å². The van der Waals surface area contributed by atoms with Crippen molar-refractivity contribution in [2.45, 2.75) is 96.3 Å². The molecular weight excluding hydrogens is 918 g/mol. The minimum absolute atomic E-state index is 0.00197. The molecule has 3 saturated heterocycles. The summed E-state index contributed by atoms with van der Waals surface area (Å²) in [6.45, 7) is -1.64. The van der Waals surface area contributed by atoms with Crippen LogP contribution in [0.15, 0.2) is 0 Å². The Morgan fingerprint density at radius 2 is 0.632 bits per heavy atom. The van der Waals surface area contributed by atoms with Gasteiger partial charge in [0.2, 0.25) is 0 Å². The molecule has 27 heteroatoms. The number of hydroxylamine groups is 6. The highest BCUT2D eigenvalue weighted by atomic mass is 16.7. The fourth-order valence-electron chi connectivity index (χ4n) is 5.97. The molecule has 0 spiro atoms. The molecule has 0 saturated carbocycles. The van der Waals surface area contributed by atoms with Gasteiger partial charge in [-0.2, -0.15) is 0 Å². The van der Waals surface area contributed by atoms with Crippen molar-refractivity contribution < 1.29 is 115 Å². The first-order valence-electron chi connectivity index (χ1n) is 21.7. The Labute approximate surface area is 388 Å². The van der Waals surface area contributed by atoms with Crippen molar-refractivity contribution in [1.82, 2.24) is 15.2 Å². The number of imide groups is 3. The Hall–Kier alpha value is -6.45. The van der Waals surface area contributed by atoms with Gasteiger partial charge >= 0.3 is 35.8 Å². The molecular formula is C41H55N3O24. The predicted octanol–water partition coefficient (Wildman–Crippen LogP) is -0.826. The summed E-state index contributed by atoms with van der Waals surface area (Å²) in [4.78, 5) is 168. The van der Waals surface area contributed by atoms with E-state index in [-0.39, 0.29) is 182 Å². The highest BCUT2D eigenvalue weighted by Crippen LogP contribution is 2.22. The molecule has 0 radical (unpaired) electrons. The van der Waals surface area contributed by atoms with Gasteiger partial charge < -0.3 is 52.4 Å². The van der Waals surface area contributed by atoms with Crippen LogP contribution in [0.5, 0.6) is 0 Å². The molecule has 3 heterocycles. The van der Waals surface area contributed by atoms with Crippen LogP contribution in [-0.4, -0.2) is 172 Å². The summed E-state index contributed by atoms with van der Waals surface area (Å²) in [5, 5.41) is 1.22. The van der Waals surface area contributed by atoms with Crippen LogP contribution >= 0.6 is 0 Å². The third kappa shape index (κ3) is 21.5. The van der Waals surface area contributed by atoms with Crippen LogP contribution in [0.3, 0.4) is 0 Å². The van der Waals surface area contributed by atoms with Crippen LogP contribution in [0.4, 0.5) is 0 Å². The van der Waals surface area contributed by atoms with Crippen molar-refractivity contribution in [3.05, 3.63) is 0 Å². The van der Waals surface area contributed by atoms with Gasteiger partial charge in [0.25, 0.3) is 41.9 Å². The number of amides is 6. The van der Waals surface area contributed by atoms with Crippen LogP contribution in [0.2, 0.25) is 0 Å². The minimum atomic E-state index is -1.14. The summed E-state index contributed by atoms with van der Waals surface area (Å²) >= 11 is 0. The molecule has 0 N–H and O–H groups in total. The molecule has 0 aromatic rings. The van der Waals surface area contributed by atoms with Gasteiger partial charge in [0.05, 0.1) is 58.3 Å². The maximum Gasteiger partial charge on any atom is 0.333 e. The normalized spacial score (nSPS) is 14.9. The fourth-order valence-corrected chi connectivity index (χ4v) is 5.97. The molecule has 0 unspecified atom stereocenters. The van der Waals surface area contributed by atoms with E-state index >= 15 is 0 Å². The molecule has 3 fully saturated rings. The Kier molecular flexibility index (Phi) is 25.3. The number of carbonyl (C=O) groups is 13. The Bertz CT molecular complexity index is 1580. The van der Waals surface area contributed by atoms with Gasteiger partial charge in [0.15, 0.2) is 0 Å². The summed E-state index contributed by atoms with van der Waals surface area (Å²) in [7, 11) is 0. The Morgan fingerprint density at radius 1 is 0.382 bits per heavy atom. The standard InChI is InChI=1S/C41H55N3O24/c45-28-62-17-16-58-24-41(25-59-18-21-63-35(52)4-1-7-38(55)66-42-29(46)10-11-30(42)47,26-60-19-22-64-36(53)5-2-8-39(56)67-43-31(48)12-13-32(43)49)27-61-20-23-65-37(54)6-3-9-40(57)68-44-33(50)14-15-34(44)51/h28H,1-27H2. The molecule has 0 atom stereocenters. The summed E-state index contributed by atoms with van der Waals surface area (Å²) in [5.74, 6) is -8.48. The summed E-state index contributed by atoms with van der Waals surface area (Å²) < 4.78 is 43.4. The molecule has 3 aliphatic heterocycles. The second kappa shape index (κ2) is 30.8. The second-order valence-corrected chi connectivity index (χ2v) is 15.0. The van der Waals surface area contributed by atoms with Gasteiger partial charge in [-0.05, 0) is 19.3 Å². The summed E-state index contributed by atoms with van der Waals surface area (Å²) in [5.41, 5.74) is -1.14. The van der Waals surface area contributed by atoms with E-state index in [2.05, 4.69) is 4.74 Å². The molecule has 27 nitrogen and oxygen atoms in total. The highest BCUT2D eigenvalue weighted by Gasteiger charge is 2.36. The van der Waals surface area contributed by atoms with Crippen molar-refractivity contribution in [3.8, 4) is 0 Å². The summed E-state index contributed by atoms with van der Waals surface area (Å²) in [6.07, 6.45) is -1.78. The summed E-state index contributed by atoms with van der Waals surface area (Å²) in [6, 6.07) is 0. The molecule has 3 aliphatic rings. The number of hydrogen-bond donors (Lipinski definition) is 0. The SMILES string of the molecule is O=COCCOCC(COCCOC(=O)CCCC(=O)ON1C(=O)CCC1=O)(COCCOC(=O)CCCC(=O)ON1C(=O)CCC1=O)COCCOC(=O)CCCC(=O)ON1C(=O)CCC1=O. The average Bonchev–Trinajstić information content (AvgIpc) is 3.91. The lowest BCUT2D eigenvalue weighted by Crippen LogP contribution is -2.43. The van der Waals surface area contributed by atoms with E-state index in [4.69, 9.17) is 47.7 Å². The van der Waals surface area contributed by atoms with E-state index in [1.54, 1.807) is 0 Å². The Balaban J connectivity index is 1.47. The topological polar surface area (TPSA) is 333 Å². The molecule has 378 valence electrons. The third-order valence-corrected chi connectivity index (χ3v) is 9.40. The van der Waals surface area contributed by atoms with Gasteiger partial charge in [-0.3, -0.25) is 47.9 Å². The molecule has 6 amide bonds. The van der Waals surface area contributed by atoms with Crippen molar-refractivity contribution >= 4 is 77.7 Å². The maximum absolute atomic E-state index is 12.3. The van der Waals surface area contributed by atoms with E-state index in [0.717, 1.165) is 0 Å².